The Morgan fingerprint density at radius 1 is 1.14 bits per heavy atom. The van der Waals surface area contributed by atoms with Gasteiger partial charge in [-0.05, 0) is 64.0 Å². The minimum absolute atomic E-state index is 0.00290. The van der Waals surface area contributed by atoms with E-state index < -0.39 is 20.9 Å². The maximum atomic E-state index is 12.7. The van der Waals surface area contributed by atoms with Crippen LogP contribution in [0.2, 0.25) is 0 Å². The SMILES string of the molecule is COc1cc(/C=C(\C#N)C(=O)Nc2ccccc2)cc(Br)c1OS(=O)(=O)c1ccc([N+](=O)[O-])cc1. The molecule has 10 nitrogen and oxygen atoms in total. The van der Waals surface area contributed by atoms with Gasteiger partial charge in [-0.3, -0.25) is 14.9 Å². The largest absolute Gasteiger partial charge is 0.493 e. The molecule has 0 aliphatic rings. The average Bonchev–Trinajstić information content (AvgIpc) is 2.84. The van der Waals surface area contributed by atoms with E-state index in [-0.39, 0.29) is 32.1 Å². The number of non-ortho nitro benzene ring substituents is 1. The Morgan fingerprint density at radius 2 is 1.80 bits per heavy atom. The summed E-state index contributed by atoms with van der Waals surface area (Å²) in [5.74, 6) is -0.818. The third-order valence-electron chi connectivity index (χ3n) is 4.49. The van der Waals surface area contributed by atoms with Crippen LogP contribution in [-0.4, -0.2) is 26.4 Å². The van der Waals surface area contributed by atoms with Gasteiger partial charge in [0.25, 0.3) is 11.6 Å². The highest BCUT2D eigenvalue weighted by atomic mass is 79.9. The predicted molar refractivity (Wildman–Crippen MR) is 130 cm³/mol. The molecule has 0 heterocycles. The number of halogens is 1. The molecule has 0 unspecified atom stereocenters. The Labute approximate surface area is 208 Å². The zero-order valence-corrected chi connectivity index (χ0v) is 20.4. The summed E-state index contributed by atoms with van der Waals surface area (Å²) in [5, 5.41) is 22.9. The van der Waals surface area contributed by atoms with Crippen LogP contribution in [-0.2, 0) is 14.9 Å². The second kappa shape index (κ2) is 10.8. The summed E-state index contributed by atoms with van der Waals surface area (Å²) in [7, 11) is -3.08. The Hall–Kier alpha value is -4.21. The quantitative estimate of drug-likeness (QED) is 0.138. The van der Waals surface area contributed by atoms with Crippen molar-refractivity contribution in [2.45, 2.75) is 4.90 Å². The van der Waals surface area contributed by atoms with Crippen LogP contribution in [0.4, 0.5) is 11.4 Å². The minimum Gasteiger partial charge on any atom is -0.493 e. The molecule has 1 N–H and O–H groups in total. The van der Waals surface area contributed by atoms with E-state index in [1.54, 1.807) is 30.3 Å². The zero-order valence-electron chi connectivity index (χ0n) is 18.0. The Balaban J connectivity index is 1.90. The van der Waals surface area contributed by atoms with Crippen LogP contribution in [0.3, 0.4) is 0 Å². The lowest BCUT2D eigenvalue weighted by atomic mass is 10.1. The van der Waals surface area contributed by atoms with Gasteiger partial charge in [-0.15, -0.1) is 0 Å². The number of nitrogens with zero attached hydrogens (tertiary/aromatic N) is 2. The number of methoxy groups -OCH3 is 1. The summed E-state index contributed by atoms with van der Waals surface area (Å²) >= 11 is 3.23. The Morgan fingerprint density at radius 3 is 2.37 bits per heavy atom. The second-order valence-corrected chi connectivity index (χ2v) is 9.21. The van der Waals surface area contributed by atoms with Crippen LogP contribution in [0.5, 0.6) is 11.5 Å². The number of benzene rings is 3. The standard InChI is InChI=1S/C23H16BrN3O7S/c1-33-21-13-15(11-16(14-25)23(28)26-17-5-3-2-4-6-17)12-20(24)22(21)34-35(31,32)19-9-7-18(8-10-19)27(29)30/h2-13H,1H3,(H,26,28)/b16-11+. The molecule has 0 radical (unpaired) electrons. The number of nitriles is 1. The van der Waals surface area contributed by atoms with Crippen LogP contribution < -0.4 is 14.2 Å². The third-order valence-corrected chi connectivity index (χ3v) is 6.31. The first-order valence-electron chi connectivity index (χ1n) is 9.69. The highest BCUT2D eigenvalue weighted by Gasteiger charge is 2.23. The molecule has 3 aromatic carbocycles. The molecule has 3 rings (SSSR count). The van der Waals surface area contributed by atoms with Crippen LogP contribution >= 0.6 is 15.9 Å². The van der Waals surface area contributed by atoms with Gasteiger partial charge in [-0.1, -0.05) is 18.2 Å². The summed E-state index contributed by atoms with van der Waals surface area (Å²) in [4.78, 5) is 22.3. The first-order valence-corrected chi connectivity index (χ1v) is 11.9. The first kappa shape index (κ1) is 25.4. The van der Waals surface area contributed by atoms with Crippen LogP contribution in [0.15, 0.2) is 81.7 Å². The van der Waals surface area contributed by atoms with E-state index in [4.69, 9.17) is 8.92 Å². The van der Waals surface area contributed by atoms with Gasteiger partial charge >= 0.3 is 10.1 Å². The summed E-state index contributed by atoms with van der Waals surface area (Å²) in [6.45, 7) is 0. The zero-order chi connectivity index (χ0) is 25.6. The topological polar surface area (TPSA) is 149 Å². The Bertz CT molecular complexity index is 1450. The van der Waals surface area contributed by atoms with Crippen molar-refractivity contribution in [3.05, 3.63) is 92.5 Å². The maximum absolute atomic E-state index is 12.7. The number of nitro benzene ring substituents is 1. The number of ether oxygens (including phenoxy) is 1. The van der Waals surface area contributed by atoms with Crippen molar-refractivity contribution in [2.75, 3.05) is 12.4 Å². The van der Waals surface area contributed by atoms with Gasteiger partial charge in [-0.2, -0.15) is 13.7 Å². The van der Waals surface area contributed by atoms with Crippen molar-refractivity contribution in [1.82, 2.24) is 0 Å². The fourth-order valence-electron chi connectivity index (χ4n) is 2.83. The molecular weight excluding hydrogens is 542 g/mol. The lowest BCUT2D eigenvalue weighted by molar-refractivity contribution is -0.384. The molecule has 0 aliphatic heterocycles. The van der Waals surface area contributed by atoms with Crippen molar-refractivity contribution < 1.29 is 27.1 Å². The monoisotopic (exact) mass is 557 g/mol. The van der Waals surface area contributed by atoms with Gasteiger partial charge < -0.3 is 14.2 Å². The summed E-state index contributed by atoms with van der Waals surface area (Å²) in [6, 6.07) is 17.4. The van der Waals surface area contributed by atoms with Gasteiger partial charge in [0.05, 0.1) is 16.5 Å². The molecule has 3 aromatic rings. The van der Waals surface area contributed by atoms with Crippen molar-refractivity contribution in [2.24, 2.45) is 0 Å². The fourth-order valence-corrected chi connectivity index (χ4v) is 4.44. The molecule has 0 bridgehead atoms. The molecule has 0 saturated heterocycles. The number of hydrogen-bond donors (Lipinski definition) is 1. The van der Waals surface area contributed by atoms with E-state index in [1.165, 1.54) is 25.3 Å². The van der Waals surface area contributed by atoms with Crippen molar-refractivity contribution >= 4 is 49.4 Å². The Kier molecular flexibility index (Phi) is 7.85. The number of amides is 1. The molecule has 12 heteroatoms. The molecule has 178 valence electrons. The molecule has 0 atom stereocenters. The minimum atomic E-state index is -4.36. The normalized spacial score (nSPS) is 11.3. The van der Waals surface area contributed by atoms with Crippen LogP contribution in [0, 0.1) is 21.4 Å². The second-order valence-electron chi connectivity index (χ2n) is 6.81. The van der Waals surface area contributed by atoms with Crippen molar-refractivity contribution in [3.8, 4) is 17.6 Å². The lowest BCUT2D eigenvalue weighted by Crippen LogP contribution is -2.13. The van der Waals surface area contributed by atoms with Gasteiger partial charge in [0.15, 0.2) is 11.5 Å². The smallest absolute Gasteiger partial charge is 0.339 e. The summed E-state index contributed by atoms with van der Waals surface area (Å²) in [6.07, 6.45) is 1.31. The average molecular weight is 558 g/mol. The number of carbonyl (C=O) groups is 1. The number of rotatable bonds is 8. The third kappa shape index (κ3) is 6.23. The molecule has 0 aromatic heterocycles. The molecule has 0 aliphatic carbocycles. The van der Waals surface area contributed by atoms with E-state index in [2.05, 4.69) is 21.2 Å². The number of carbonyl (C=O) groups excluding carboxylic acids is 1. The van der Waals surface area contributed by atoms with Crippen LogP contribution in [0.25, 0.3) is 6.08 Å². The van der Waals surface area contributed by atoms with E-state index in [1.807, 2.05) is 6.07 Å². The molecule has 35 heavy (non-hydrogen) atoms. The predicted octanol–water partition coefficient (Wildman–Crippen LogP) is 4.68. The molecule has 0 fully saturated rings. The van der Waals surface area contributed by atoms with Gasteiger partial charge in [0, 0.05) is 17.8 Å². The fraction of sp³-hybridized carbons (Fsp3) is 0.0435. The van der Waals surface area contributed by atoms with Gasteiger partial charge in [0.1, 0.15) is 16.5 Å². The maximum Gasteiger partial charge on any atom is 0.339 e. The van der Waals surface area contributed by atoms with Gasteiger partial charge in [0.2, 0.25) is 0 Å². The van der Waals surface area contributed by atoms with Crippen molar-refractivity contribution in [1.29, 1.82) is 5.26 Å². The molecular formula is C23H16BrN3O7S. The van der Waals surface area contributed by atoms with Crippen molar-refractivity contribution in [3.63, 3.8) is 0 Å². The van der Waals surface area contributed by atoms with E-state index >= 15 is 0 Å². The van der Waals surface area contributed by atoms with E-state index in [9.17, 15) is 28.6 Å². The number of nitro groups is 1. The highest BCUT2D eigenvalue weighted by Crippen LogP contribution is 2.39. The summed E-state index contributed by atoms with van der Waals surface area (Å²) in [5.41, 5.74) is 0.393. The summed E-state index contributed by atoms with van der Waals surface area (Å²) < 4.78 is 36.0. The first-order chi connectivity index (χ1) is 16.6. The molecule has 0 spiro atoms. The number of nitrogens with one attached hydrogen (secondary N) is 1. The highest BCUT2D eigenvalue weighted by molar-refractivity contribution is 9.10. The molecule has 1 amide bonds. The number of anilines is 1. The van der Waals surface area contributed by atoms with E-state index in [0.29, 0.717) is 11.3 Å². The lowest BCUT2D eigenvalue weighted by Gasteiger charge is -2.13. The van der Waals surface area contributed by atoms with Crippen LogP contribution in [0.1, 0.15) is 5.56 Å². The number of hydrogen-bond acceptors (Lipinski definition) is 8. The van der Waals surface area contributed by atoms with E-state index in [0.717, 1.165) is 24.3 Å². The molecule has 0 saturated carbocycles. The number of para-hydroxylation sites is 1. The van der Waals surface area contributed by atoms with Gasteiger partial charge in [-0.25, -0.2) is 0 Å².